The summed E-state index contributed by atoms with van der Waals surface area (Å²) in [6.45, 7) is 2.02. The van der Waals surface area contributed by atoms with Crippen LogP contribution in [-0.4, -0.2) is 19.8 Å². The predicted octanol–water partition coefficient (Wildman–Crippen LogP) is 0.0368. The van der Waals surface area contributed by atoms with E-state index < -0.39 is 5.91 Å². The predicted molar refractivity (Wildman–Crippen MR) is 60.2 cm³/mol. The van der Waals surface area contributed by atoms with E-state index in [4.69, 9.17) is 5.73 Å². The summed E-state index contributed by atoms with van der Waals surface area (Å²) in [5.41, 5.74) is 5.53. The van der Waals surface area contributed by atoms with Crippen molar-refractivity contribution in [1.82, 2.24) is 13.9 Å². The number of primary amides is 1. The van der Waals surface area contributed by atoms with Gasteiger partial charge < -0.3 is 5.73 Å². The summed E-state index contributed by atoms with van der Waals surface area (Å²) in [6.07, 6.45) is 1.55. The molecular weight excluding hydrogens is 228 g/mol. The number of carbonyl (C=O) groups excluding carboxylic acids is 1. The van der Waals surface area contributed by atoms with Gasteiger partial charge in [0.2, 0.25) is 5.91 Å². The van der Waals surface area contributed by atoms with Gasteiger partial charge in [-0.05, 0) is 18.5 Å². The molecule has 0 saturated heterocycles. The first-order valence-corrected chi connectivity index (χ1v) is 5.46. The average molecular weight is 238 g/mol. The fourth-order valence-electron chi connectivity index (χ4n) is 1.40. The van der Waals surface area contributed by atoms with Gasteiger partial charge in [0.05, 0.1) is 17.4 Å². The maximum Gasteiger partial charge on any atom is 0.263 e. The molecule has 0 radical (unpaired) electrons. The van der Waals surface area contributed by atoms with E-state index >= 15 is 0 Å². The maximum absolute atomic E-state index is 12.0. The van der Waals surface area contributed by atoms with Crippen LogP contribution < -0.4 is 11.3 Å². The van der Waals surface area contributed by atoms with Gasteiger partial charge in [0, 0.05) is 13.0 Å². The molecule has 0 bridgehead atoms. The molecule has 1 amide bonds. The molecular formula is C9H10N4O2S. The van der Waals surface area contributed by atoms with Gasteiger partial charge in [0.25, 0.3) is 5.56 Å². The van der Waals surface area contributed by atoms with Crippen molar-refractivity contribution in [3.05, 3.63) is 22.4 Å². The Labute approximate surface area is 94.9 Å². The van der Waals surface area contributed by atoms with E-state index in [1.807, 2.05) is 0 Å². The molecule has 6 nitrogen and oxygen atoms in total. The van der Waals surface area contributed by atoms with Crippen molar-refractivity contribution in [2.75, 3.05) is 0 Å². The summed E-state index contributed by atoms with van der Waals surface area (Å²) >= 11 is 1.20. The zero-order chi connectivity index (χ0) is 11.7. The van der Waals surface area contributed by atoms with Crippen LogP contribution in [0.25, 0.3) is 10.2 Å². The summed E-state index contributed by atoms with van der Waals surface area (Å²) in [6, 6.07) is 0. The Hall–Kier alpha value is -1.76. The fourth-order valence-corrected chi connectivity index (χ4v) is 2.14. The van der Waals surface area contributed by atoms with E-state index in [0.29, 0.717) is 15.9 Å². The topological polar surface area (TPSA) is 90.9 Å². The van der Waals surface area contributed by atoms with Gasteiger partial charge in [0.15, 0.2) is 4.83 Å². The fraction of sp³-hybridized carbons (Fsp3) is 0.333. The lowest BCUT2D eigenvalue weighted by atomic mass is 10.3. The summed E-state index contributed by atoms with van der Waals surface area (Å²) in [5.74, 6) is -0.438. The van der Waals surface area contributed by atoms with Gasteiger partial charge in [0.1, 0.15) is 0 Å². The Morgan fingerprint density at radius 1 is 1.62 bits per heavy atom. The molecule has 0 fully saturated rings. The number of aryl methyl sites for hydroxylation is 2. The molecule has 7 heteroatoms. The first-order chi connectivity index (χ1) is 7.59. The van der Waals surface area contributed by atoms with Crippen LogP contribution in [0.4, 0.5) is 0 Å². The molecule has 0 aliphatic rings. The molecule has 0 aliphatic heterocycles. The molecule has 0 aromatic carbocycles. The van der Waals surface area contributed by atoms with Gasteiger partial charge in [-0.25, -0.2) is 4.98 Å². The quantitative estimate of drug-likeness (QED) is 0.817. The zero-order valence-corrected chi connectivity index (χ0v) is 9.45. The van der Waals surface area contributed by atoms with Crippen molar-refractivity contribution < 1.29 is 4.79 Å². The number of carbonyl (C=O) groups is 1. The first kappa shape index (κ1) is 10.7. The van der Waals surface area contributed by atoms with E-state index in [1.54, 1.807) is 6.92 Å². The van der Waals surface area contributed by atoms with Crippen molar-refractivity contribution in [2.24, 2.45) is 5.73 Å². The molecule has 2 N–H and O–H groups in total. The lowest BCUT2D eigenvalue weighted by Gasteiger charge is -2.02. The molecule has 2 aromatic heterocycles. The lowest BCUT2D eigenvalue weighted by Crippen LogP contribution is -2.23. The van der Waals surface area contributed by atoms with Crippen molar-refractivity contribution >= 4 is 27.7 Å². The molecule has 0 unspecified atom stereocenters. The number of rotatable bonds is 3. The van der Waals surface area contributed by atoms with Gasteiger partial charge in [-0.2, -0.15) is 4.37 Å². The maximum atomic E-state index is 12.0. The molecule has 2 aromatic rings. The van der Waals surface area contributed by atoms with Gasteiger partial charge >= 0.3 is 0 Å². The minimum absolute atomic E-state index is 0.129. The van der Waals surface area contributed by atoms with Crippen LogP contribution in [0.2, 0.25) is 0 Å². The average Bonchev–Trinajstić information content (AvgIpc) is 2.60. The summed E-state index contributed by atoms with van der Waals surface area (Å²) in [7, 11) is 0. The summed E-state index contributed by atoms with van der Waals surface area (Å²) < 4.78 is 5.45. The third kappa shape index (κ3) is 1.81. The molecule has 84 valence electrons. The van der Waals surface area contributed by atoms with Gasteiger partial charge in [-0.1, -0.05) is 0 Å². The highest BCUT2D eigenvalue weighted by Gasteiger charge is 2.10. The number of aromatic nitrogens is 3. The first-order valence-electron chi connectivity index (χ1n) is 4.69. The van der Waals surface area contributed by atoms with Crippen LogP contribution in [0.1, 0.15) is 12.1 Å². The highest BCUT2D eigenvalue weighted by atomic mass is 32.1. The van der Waals surface area contributed by atoms with Gasteiger partial charge in [-0.3, -0.25) is 14.2 Å². The lowest BCUT2D eigenvalue weighted by molar-refractivity contribution is -0.118. The van der Waals surface area contributed by atoms with Crippen LogP contribution in [0.15, 0.2) is 11.1 Å². The van der Waals surface area contributed by atoms with Crippen molar-refractivity contribution in [3.63, 3.8) is 0 Å². The van der Waals surface area contributed by atoms with E-state index in [-0.39, 0.29) is 18.5 Å². The monoisotopic (exact) mass is 238 g/mol. The second-order valence-electron chi connectivity index (χ2n) is 3.41. The third-order valence-corrected chi connectivity index (χ3v) is 3.08. The third-order valence-electron chi connectivity index (χ3n) is 2.23. The Morgan fingerprint density at radius 2 is 2.38 bits per heavy atom. The van der Waals surface area contributed by atoms with Crippen molar-refractivity contribution in [1.29, 1.82) is 0 Å². The highest BCUT2D eigenvalue weighted by molar-refractivity contribution is 7.12. The van der Waals surface area contributed by atoms with Crippen LogP contribution in [0.3, 0.4) is 0 Å². The highest BCUT2D eigenvalue weighted by Crippen LogP contribution is 2.14. The molecule has 0 saturated carbocycles. The van der Waals surface area contributed by atoms with Crippen LogP contribution in [0, 0.1) is 6.92 Å². The molecule has 16 heavy (non-hydrogen) atoms. The standard InChI is InChI=1S/C9H10N4O2S/c1-5-7-8(16-12-5)11-4-13(9(7)15)3-2-6(10)14/h4H,2-3H2,1H3,(H2,10,14). The van der Waals surface area contributed by atoms with Crippen molar-refractivity contribution in [2.45, 2.75) is 19.9 Å². The van der Waals surface area contributed by atoms with E-state index in [1.165, 1.54) is 22.4 Å². The molecule has 0 spiro atoms. The zero-order valence-electron chi connectivity index (χ0n) is 8.64. The number of nitrogens with zero attached hydrogens (tertiary/aromatic N) is 3. The number of nitrogens with two attached hydrogens (primary N) is 1. The van der Waals surface area contributed by atoms with Crippen LogP contribution in [-0.2, 0) is 11.3 Å². The Balaban J connectivity index is 2.47. The van der Waals surface area contributed by atoms with Crippen molar-refractivity contribution in [3.8, 4) is 0 Å². The van der Waals surface area contributed by atoms with E-state index in [0.717, 1.165) is 0 Å². The minimum Gasteiger partial charge on any atom is -0.370 e. The number of hydrogen-bond donors (Lipinski definition) is 1. The number of fused-ring (bicyclic) bond motifs is 1. The largest absolute Gasteiger partial charge is 0.370 e. The van der Waals surface area contributed by atoms with Gasteiger partial charge in [-0.15, -0.1) is 0 Å². The van der Waals surface area contributed by atoms with Crippen LogP contribution >= 0.6 is 11.5 Å². The molecule has 0 atom stereocenters. The molecule has 2 heterocycles. The molecule has 0 aliphatic carbocycles. The second-order valence-corrected chi connectivity index (χ2v) is 4.16. The number of amides is 1. The number of hydrogen-bond acceptors (Lipinski definition) is 5. The summed E-state index contributed by atoms with van der Waals surface area (Å²) in [4.78, 5) is 27.3. The Bertz CT molecular complexity index is 601. The normalized spacial score (nSPS) is 10.8. The molecule has 2 rings (SSSR count). The summed E-state index contributed by atoms with van der Waals surface area (Å²) in [5, 5.41) is 0.525. The minimum atomic E-state index is -0.438. The Morgan fingerprint density at radius 3 is 3.06 bits per heavy atom. The van der Waals surface area contributed by atoms with E-state index in [9.17, 15) is 9.59 Å². The Kier molecular flexibility index (Phi) is 2.69. The second kappa shape index (κ2) is 4.01. The smallest absolute Gasteiger partial charge is 0.263 e. The van der Waals surface area contributed by atoms with E-state index in [2.05, 4.69) is 9.36 Å². The van der Waals surface area contributed by atoms with Crippen LogP contribution in [0.5, 0.6) is 0 Å². The SMILES string of the molecule is Cc1nsc2ncn(CCC(N)=O)c(=O)c12.